The van der Waals surface area contributed by atoms with Crippen molar-refractivity contribution in [2.24, 2.45) is 0 Å². The van der Waals surface area contributed by atoms with Crippen LogP contribution < -0.4 is 5.32 Å². The fraction of sp³-hybridized carbons (Fsp3) is 0.889. The summed E-state index contributed by atoms with van der Waals surface area (Å²) in [7, 11) is 0. The summed E-state index contributed by atoms with van der Waals surface area (Å²) in [5.74, 6) is -0.625. The van der Waals surface area contributed by atoms with E-state index in [1.165, 1.54) is 128 Å². The van der Waals surface area contributed by atoms with Crippen molar-refractivity contribution in [3.63, 3.8) is 0 Å². The molecule has 0 radical (unpaired) electrons. The highest BCUT2D eigenvalue weighted by Crippen LogP contribution is 2.23. The lowest BCUT2D eigenvalue weighted by Gasteiger charge is -2.40. The molecule has 10 heteroatoms. The maximum atomic E-state index is 13.0. The third-order valence-corrected chi connectivity index (χ3v) is 11.0. The van der Waals surface area contributed by atoms with E-state index in [0.717, 1.165) is 32.1 Å². The molecule has 1 heterocycles. The number of amides is 1. The summed E-state index contributed by atoms with van der Waals surface area (Å²) in [6.45, 7) is 5.72. The van der Waals surface area contributed by atoms with Crippen molar-refractivity contribution in [1.82, 2.24) is 5.32 Å². The molecule has 7 N–H and O–H groups in total. The van der Waals surface area contributed by atoms with Crippen LogP contribution in [0.5, 0.6) is 0 Å². The van der Waals surface area contributed by atoms with E-state index in [-0.39, 0.29) is 6.61 Å². The van der Waals surface area contributed by atoms with Gasteiger partial charge < -0.3 is 45.4 Å². The van der Waals surface area contributed by atoms with E-state index in [4.69, 9.17) is 9.47 Å². The van der Waals surface area contributed by atoms with Crippen LogP contribution in [0.1, 0.15) is 194 Å². The number of aliphatic hydroxyl groups is 6. The molecule has 8 atom stereocenters. The molecule has 1 rings (SSSR count). The number of rotatable bonds is 36. The molecule has 0 aromatic rings. The molecule has 1 amide bonds. The molecule has 10 nitrogen and oxygen atoms in total. The Kier molecular flexibility index (Phi) is 32.5. The fourth-order valence-corrected chi connectivity index (χ4v) is 7.18. The minimum Gasteiger partial charge on any atom is -0.394 e. The predicted octanol–water partition coefficient (Wildman–Crippen LogP) is 8.08. The van der Waals surface area contributed by atoms with Gasteiger partial charge in [-0.1, -0.05) is 179 Å². The average molecular weight is 784 g/mol. The van der Waals surface area contributed by atoms with E-state index < -0.39 is 61.5 Å². The Morgan fingerprint density at radius 2 is 1.18 bits per heavy atom. The van der Waals surface area contributed by atoms with Crippen molar-refractivity contribution in [1.29, 1.82) is 0 Å². The summed E-state index contributed by atoms with van der Waals surface area (Å²) in [6.07, 6.45) is 27.8. The molecule has 0 aromatic heterocycles. The van der Waals surface area contributed by atoms with Gasteiger partial charge in [0.2, 0.25) is 5.91 Å². The van der Waals surface area contributed by atoms with Gasteiger partial charge in [0.1, 0.15) is 30.5 Å². The van der Waals surface area contributed by atoms with Gasteiger partial charge in [-0.15, -0.1) is 0 Å². The third kappa shape index (κ3) is 25.6. The number of hydrogen-bond acceptors (Lipinski definition) is 9. The zero-order chi connectivity index (χ0) is 40.5. The number of hydrogen-bond donors (Lipinski definition) is 7. The second-order valence-electron chi connectivity index (χ2n) is 16.2. The smallest absolute Gasteiger partial charge is 0.249 e. The lowest BCUT2D eigenvalue weighted by atomic mass is 9.99. The highest BCUT2D eigenvalue weighted by atomic mass is 16.7. The standard InChI is InChI=1S/C45H85NO9/c1-4-6-8-10-12-13-14-15-16-17-18-19-20-21-22-24-28-33-39(49)44(53)46-37(35-54-45-43(52)42(51)41(50)40(34-47)55-45)38(48)32-29-25-27-31-36(3)30-26-23-11-9-7-5-2/h29,31-32,37-43,45,47-52H,4-28,30,33-35H2,1-3H3,(H,46,53). The second kappa shape index (κ2) is 34.7. The van der Waals surface area contributed by atoms with Crippen LogP contribution in [0.4, 0.5) is 0 Å². The van der Waals surface area contributed by atoms with E-state index in [9.17, 15) is 35.4 Å². The van der Waals surface area contributed by atoms with Gasteiger partial charge in [-0.05, 0) is 39.0 Å². The predicted molar refractivity (Wildman–Crippen MR) is 223 cm³/mol. The summed E-state index contributed by atoms with van der Waals surface area (Å²) < 4.78 is 11.1. The Morgan fingerprint density at radius 3 is 1.69 bits per heavy atom. The van der Waals surface area contributed by atoms with Crippen molar-refractivity contribution >= 4 is 5.91 Å². The van der Waals surface area contributed by atoms with Crippen molar-refractivity contribution < 1.29 is 44.9 Å². The summed E-state index contributed by atoms with van der Waals surface area (Å²) in [5, 5.41) is 64.6. The van der Waals surface area contributed by atoms with Crippen LogP contribution in [-0.4, -0.2) is 98.7 Å². The summed E-state index contributed by atoms with van der Waals surface area (Å²) in [4.78, 5) is 13.0. The number of unbranched alkanes of at least 4 members (excludes halogenated alkanes) is 22. The molecular formula is C45H85NO9. The summed E-state index contributed by atoms with van der Waals surface area (Å²) in [6, 6.07) is -0.994. The Morgan fingerprint density at radius 1 is 0.691 bits per heavy atom. The monoisotopic (exact) mass is 784 g/mol. The number of ether oxygens (including phenoxy) is 2. The summed E-state index contributed by atoms with van der Waals surface area (Å²) in [5.41, 5.74) is 1.36. The SMILES string of the molecule is CCCCCCCCCCCCCCCCCCCC(O)C(=O)NC(COC1OC(CO)C(O)C(O)C1O)C(O)C=CCCC=C(C)CCCCCCCC. The van der Waals surface area contributed by atoms with E-state index in [1.54, 1.807) is 6.08 Å². The first-order chi connectivity index (χ1) is 26.7. The van der Waals surface area contributed by atoms with Gasteiger partial charge in [-0.3, -0.25) is 4.79 Å². The van der Waals surface area contributed by atoms with Crippen LogP contribution in [-0.2, 0) is 14.3 Å². The minimum atomic E-state index is -1.61. The fourth-order valence-electron chi connectivity index (χ4n) is 7.18. The zero-order valence-electron chi connectivity index (χ0n) is 35.3. The highest BCUT2D eigenvalue weighted by molar-refractivity contribution is 5.80. The normalized spacial score (nSPS) is 22.3. The molecule has 1 fully saturated rings. The van der Waals surface area contributed by atoms with E-state index in [1.807, 2.05) is 6.08 Å². The van der Waals surface area contributed by atoms with Gasteiger partial charge in [-0.2, -0.15) is 0 Å². The van der Waals surface area contributed by atoms with Crippen molar-refractivity contribution in [2.75, 3.05) is 13.2 Å². The Balaban J connectivity index is 2.47. The molecule has 1 saturated heterocycles. The van der Waals surface area contributed by atoms with E-state index in [0.29, 0.717) is 19.3 Å². The van der Waals surface area contributed by atoms with Crippen molar-refractivity contribution in [3.8, 4) is 0 Å². The molecule has 0 aromatic carbocycles. The van der Waals surface area contributed by atoms with Crippen LogP contribution in [0.15, 0.2) is 23.8 Å². The molecule has 324 valence electrons. The largest absolute Gasteiger partial charge is 0.394 e. The van der Waals surface area contributed by atoms with Gasteiger partial charge in [0.05, 0.1) is 25.4 Å². The van der Waals surface area contributed by atoms with Gasteiger partial charge >= 0.3 is 0 Å². The number of allylic oxidation sites excluding steroid dienone is 3. The molecule has 1 aliphatic rings. The van der Waals surface area contributed by atoms with Gasteiger partial charge in [-0.25, -0.2) is 0 Å². The maximum Gasteiger partial charge on any atom is 0.249 e. The van der Waals surface area contributed by atoms with Crippen LogP contribution in [0, 0.1) is 0 Å². The van der Waals surface area contributed by atoms with Crippen LogP contribution in [0.25, 0.3) is 0 Å². The lowest BCUT2D eigenvalue weighted by Crippen LogP contribution is -2.60. The molecule has 1 aliphatic heterocycles. The van der Waals surface area contributed by atoms with Crippen molar-refractivity contribution in [2.45, 2.75) is 243 Å². The molecule has 0 saturated carbocycles. The molecule has 8 unspecified atom stereocenters. The van der Waals surface area contributed by atoms with E-state index in [2.05, 4.69) is 32.2 Å². The van der Waals surface area contributed by atoms with Crippen LogP contribution in [0.2, 0.25) is 0 Å². The first-order valence-corrected chi connectivity index (χ1v) is 22.6. The van der Waals surface area contributed by atoms with Crippen LogP contribution >= 0.6 is 0 Å². The minimum absolute atomic E-state index is 0.307. The quantitative estimate of drug-likeness (QED) is 0.0245. The third-order valence-electron chi connectivity index (χ3n) is 11.0. The van der Waals surface area contributed by atoms with Crippen LogP contribution in [0.3, 0.4) is 0 Å². The van der Waals surface area contributed by atoms with Crippen molar-refractivity contribution in [3.05, 3.63) is 23.8 Å². The number of nitrogens with one attached hydrogen (secondary N) is 1. The first kappa shape index (κ1) is 51.6. The molecule has 0 aliphatic carbocycles. The van der Waals surface area contributed by atoms with Gasteiger partial charge in [0.15, 0.2) is 6.29 Å². The number of aliphatic hydroxyl groups excluding tert-OH is 6. The number of carbonyl (C=O) groups is 1. The lowest BCUT2D eigenvalue weighted by molar-refractivity contribution is -0.302. The second-order valence-corrected chi connectivity index (χ2v) is 16.2. The Hall–Kier alpha value is -1.37. The maximum absolute atomic E-state index is 13.0. The van der Waals surface area contributed by atoms with Gasteiger partial charge in [0.25, 0.3) is 0 Å². The Labute approximate surface area is 335 Å². The zero-order valence-corrected chi connectivity index (χ0v) is 35.3. The molecule has 55 heavy (non-hydrogen) atoms. The average Bonchev–Trinajstić information content (AvgIpc) is 3.18. The number of carbonyl (C=O) groups excluding carboxylic acids is 1. The molecule has 0 bridgehead atoms. The highest BCUT2D eigenvalue weighted by Gasteiger charge is 2.44. The Bertz CT molecular complexity index is 961. The van der Waals surface area contributed by atoms with Gasteiger partial charge in [0, 0.05) is 0 Å². The first-order valence-electron chi connectivity index (χ1n) is 22.6. The molecule has 0 spiro atoms. The topological polar surface area (TPSA) is 169 Å². The summed E-state index contributed by atoms with van der Waals surface area (Å²) >= 11 is 0. The molecular weight excluding hydrogens is 698 g/mol. The van der Waals surface area contributed by atoms with E-state index >= 15 is 0 Å².